The molecule has 0 radical (unpaired) electrons. The monoisotopic (exact) mass is 358 g/mol. The number of amides is 1. The topological polar surface area (TPSA) is 56.7 Å². The number of hydrogen-bond acceptors (Lipinski definition) is 2. The Morgan fingerprint density at radius 1 is 1.16 bits per heavy atom. The SMILES string of the molecule is CC(C)CNC(=NCc1ccc(C(F)(F)F)cc1)NCC(=O)N(C)C. The average Bonchev–Trinajstić information content (AvgIpc) is 2.53. The summed E-state index contributed by atoms with van der Waals surface area (Å²) in [6, 6.07) is 4.87. The molecule has 1 rings (SSSR count). The molecule has 0 atom stereocenters. The highest BCUT2D eigenvalue weighted by Crippen LogP contribution is 2.29. The molecular weight excluding hydrogens is 333 g/mol. The fourth-order valence-electron chi connectivity index (χ4n) is 1.76. The minimum absolute atomic E-state index is 0.0872. The lowest BCUT2D eigenvalue weighted by Gasteiger charge is -2.16. The zero-order valence-electron chi connectivity index (χ0n) is 14.9. The molecule has 0 saturated heterocycles. The van der Waals surface area contributed by atoms with Crippen LogP contribution in [0.5, 0.6) is 0 Å². The highest BCUT2D eigenvalue weighted by Gasteiger charge is 2.29. The Balaban J connectivity index is 2.74. The Kier molecular flexibility index (Phi) is 7.73. The fourth-order valence-corrected chi connectivity index (χ4v) is 1.76. The van der Waals surface area contributed by atoms with Crippen LogP contribution in [0.1, 0.15) is 25.0 Å². The van der Waals surface area contributed by atoms with Crippen LogP contribution in [0.2, 0.25) is 0 Å². The van der Waals surface area contributed by atoms with Gasteiger partial charge in [-0.1, -0.05) is 26.0 Å². The predicted octanol–water partition coefficient (Wildman–Crippen LogP) is 2.48. The van der Waals surface area contributed by atoms with Crippen molar-refractivity contribution in [3.05, 3.63) is 35.4 Å². The molecule has 0 aromatic heterocycles. The number of likely N-dealkylation sites (N-methyl/N-ethyl adjacent to an activating group) is 1. The van der Waals surface area contributed by atoms with Crippen molar-refractivity contribution in [1.29, 1.82) is 0 Å². The van der Waals surface area contributed by atoms with Crippen LogP contribution < -0.4 is 10.6 Å². The highest BCUT2D eigenvalue weighted by atomic mass is 19.4. The molecule has 5 nitrogen and oxygen atoms in total. The van der Waals surface area contributed by atoms with E-state index in [1.807, 2.05) is 13.8 Å². The molecule has 1 aromatic rings. The molecule has 0 spiro atoms. The van der Waals surface area contributed by atoms with Gasteiger partial charge >= 0.3 is 6.18 Å². The standard InChI is InChI=1S/C17H25F3N4O/c1-12(2)9-21-16(23-11-15(25)24(3)4)22-10-13-5-7-14(8-6-13)17(18,19)20/h5-8,12H,9-11H2,1-4H3,(H2,21,22,23). The van der Waals surface area contributed by atoms with Crippen LogP contribution in [0.15, 0.2) is 29.3 Å². The van der Waals surface area contributed by atoms with Crippen molar-refractivity contribution in [2.24, 2.45) is 10.9 Å². The van der Waals surface area contributed by atoms with Crippen molar-refractivity contribution in [3.8, 4) is 0 Å². The second-order valence-electron chi connectivity index (χ2n) is 6.28. The number of hydrogen-bond donors (Lipinski definition) is 2. The Bertz CT molecular complexity index is 581. The number of alkyl halides is 3. The molecule has 1 aromatic carbocycles. The summed E-state index contributed by atoms with van der Waals surface area (Å²) in [4.78, 5) is 17.5. The third kappa shape index (κ3) is 7.91. The lowest BCUT2D eigenvalue weighted by atomic mass is 10.1. The zero-order valence-corrected chi connectivity index (χ0v) is 14.9. The first-order valence-corrected chi connectivity index (χ1v) is 7.98. The molecule has 8 heteroatoms. The van der Waals surface area contributed by atoms with Gasteiger partial charge in [-0.3, -0.25) is 4.79 Å². The maximum atomic E-state index is 12.6. The van der Waals surface area contributed by atoms with Gasteiger partial charge in [0.2, 0.25) is 5.91 Å². The van der Waals surface area contributed by atoms with Crippen molar-refractivity contribution >= 4 is 11.9 Å². The molecule has 0 heterocycles. The van der Waals surface area contributed by atoms with Crippen LogP contribution in [0.3, 0.4) is 0 Å². The largest absolute Gasteiger partial charge is 0.416 e. The fraction of sp³-hybridized carbons (Fsp3) is 0.529. The van der Waals surface area contributed by atoms with Gasteiger partial charge in [-0.05, 0) is 23.6 Å². The number of halogens is 3. The highest BCUT2D eigenvalue weighted by molar-refractivity contribution is 5.86. The third-order valence-corrected chi connectivity index (χ3v) is 3.28. The molecule has 0 aliphatic carbocycles. The number of carbonyl (C=O) groups is 1. The molecule has 1 amide bonds. The Hall–Kier alpha value is -2.25. The summed E-state index contributed by atoms with van der Waals surface area (Å²) in [7, 11) is 3.31. The molecule has 140 valence electrons. The number of aliphatic imine (C=N–C) groups is 1. The van der Waals surface area contributed by atoms with E-state index < -0.39 is 11.7 Å². The van der Waals surface area contributed by atoms with Crippen LogP contribution in [-0.4, -0.2) is 44.0 Å². The number of benzene rings is 1. The maximum absolute atomic E-state index is 12.6. The van der Waals surface area contributed by atoms with Gasteiger partial charge in [0.25, 0.3) is 0 Å². The lowest BCUT2D eigenvalue weighted by Crippen LogP contribution is -2.44. The summed E-state index contributed by atoms with van der Waals surface area (Å²) in [6.45, 7) is 5.03. The molecule has 0 unspecified atom stereocenters. The van der Waals surface area contributed by atoms with Crippen molar-refractivity contribution in [1.82, 2.24) is 15.5 Å². The van der Waals surface area contributed by atoms with Crippen molar-refractivity contribution in [2.45, 2.75) is 26.6 Å². The number of rotatable bonds is 6. The van der Waals surface area contributed by atoms with E-state index in [1.54, 1.807) is 14.1 Å². The van der Waals surface area contributed by atoms with Crippen molar-refractivity contribution in [2.75, 3.05) is 27.2 Å². The third-order valence-electron chi connectivity index (χ3n) is 3.28. The van der Waals surface area contributed by atoms with Gasteiger partial charge in [-0.25, -0.2) is 4.99 Å². The molecule has 0 aliphatic heterocycles. The van der Waals surface area contributed by atoms with E-state index in [0.29, 0.717) is 24.0 Å². The Morgan fingerprint density at radius 2 is 1.76 bits per heavy atom. The Morgan fingerprint density at radius 3 is 2.24 bits per heavy atom. The molecular formula is C17H25F3N4O. The van der Waals surface area contributed by atoms with Gasteiger partial charge in [-0.15, -0.1) is 0 Å². The molecule has 0 fully saturated rings. The molecule has 0 aliphatic rings. The van der Waals surface area contributed by atoms with Crippen LogP contribution in [-0.2, 0) is 17.5 Å². The van der Waals surface area contributed by atoms with Gasteiger partial charge in [0.15, 0.2) is 5.96 Å². The summed E-state index contributed by atoms with van der Waals surface area (Å²) < 4.78 is 37.7. The van der Waals surface area contributed by atoms with Gasteiger partial charge in [0.05, 0.1) is 18.7 Å². The van der Waals surface area contributed by atoms with E-state index in [-0.39, 0.29) is 19.0 Å². The summed E-state index contributed by atoms with van der Waals surface area (Å²) in [6.07, 6.45) is -4.35. The van der Waals surface area contributed by atoms with Crippen LogP contribution >= 0.6 is 0 Å². The second-order valence-corrected chi connectivity index (χ2v) is 6.28. The van der Waals surface area contributed by atoms with Gasteiger partial charge in [-0.2, -0.15) is 13.2 Å². The molecule has 2 N–H and O–H groups in total. The Labute approximate surface area is 146 Å². The summed E-state index contributed by atoms with van der Waals surface area (Å²) in [5.74, 6) is 0.722. The normalized spacial score (nSPS) is 12.2. The van der Waals surface area contributed by atoms with Gasteiger partial charge in [0, 0.05) is 20.6 Å². The molecule has 0 bridgehead atoms. The van der Waals surface area contributed by atoms with Crippen molar-refractivity contribution in [3.63, 3.8) is 0 Å². The zero-order chi connectivity index (χ0) is 19.0. The van der Waals surface area contributed by atoms with E-state index in [2.05, 4.69) is 15.6 Å². The number of nitrogens with zero attached hydrogens (tertiary/aromatic N) is 2. The van der Waals surface area contributed by atoms with E-state index in [0.717, 1.165) is 12.1 Å². The van der Waals surface area contributed by atoms with E-state index in [4.69, 9.17) is 0 Å². The first-order chi connectivity index (χ1) is 11.6. The quantitative estimate of drug-likeness (QED) is 0.607. The maximum Gasteiger partial charge on any atom is 0.416 e. The summed E-state index contributed by atoms with van der Waals surface area (Å²) in [5, 5.41) is 6.04. The van der Waals surface area contributed by atoms with E-state index >= 15 is 0 Å². The van der Waals surface area contributed by atoms with Crippen LogP contribution in [0, 0.1) is 5.92 Å². The first-order valence-electron chi connectivity index (χ1n) is 7.98. The van der Waals surface area contributed by atoms with Crippen LogP contribution in [0.25, 0.3) is 0 Å². The number of guanidine groups is 1. The van der Waals surface area contributed by atoms with E-state index in [9.17, 15) is 18.0 Å². The summed E-state index contributed by atoms with van der Waals surface area (Å²) >= 11 is 0. The van der Waals surface area contributed by atoms with Gasteiger partial charge < -0.3 is 15.5 Å². The second kappa shape index (κ2) is 9.29. The summed E-state index contributed by atoms with van der Waals surface area (Å²) in [5.41, 5.74) is -0.0364. The molecule has 25 heavy (non-hydrogen) atoms. The molecule has 0 saturated carbocycles. The average molecular weight is 358 g/mol. The number of carbonyl (C=O) groups excluding carboxylic acids is 1. The minimum atomic E-state index is -4.35. The number of nitrogens with one attached hydrogen (secondary N) is 2. The lowest BCUT2D eigenvalue weighted by molar-refractivity contribution is -0.137. The predicted molar refractivity (Wildman–Crippen MR) is 92.1 cm³/mol. The van der Waals surface area contributed by atoms with Gasteiger partial charge in [0.1, 0.15) is 0 Å². The minimum Gasteiger partial charge on any atom is -0.356 e. The first kappa shape index (κ1) is 20.8. The van der Waals surface area contributed by atoms with Crippen molar-refractivity contribution < 1.29 is 18.0 Å². The van der Waals surface area contributed by atoms with E-state index in [1.165, 1.54) is 17.0 Å². The van der Waals surface area contributed by atoms with Crippen LogP contribution in [0.4, 0.5) is 13.2 Å². The smallest absolute Gasteiger partial charge is 0.356 e.